The van der Waals surface area contributed by atoms with E-state index < -0.39 is 0 Å². The Morgan fingerprint density at radius 3 is 2.80 bits per heavy atom. The normalized spacial score (nSPS) is 17.5. The lowest BCUT2D eigenvalue weighted by molar-refractivity contribution is 0.0624. The van der Waals surface area contributed by atoms with Crippen molar-refractivity contribution in [2.24, 2.45) is 0 Å². The lowest BCUT2D eigenvalue weighted by Gasteiger charge is -2.43. The second kappa shape index (κ2) is 7.83. The number of benzene rings is 1. The maximum atomic E-state index is 13.3. The van der Waals surface area contributed by atoms with Gasteiger partial charge in [0.1, 0.15) is 17.8 Å². The van der Waals surface area contributed by atoms with Crippen LogP contribution in [-0.2, 0) is 0 Å². The van der Waals surface area contributed by atoms with E-state index in [9.17, 15) is 4.79 Å². The highest BCUT2D eigenvalue weighted by Gasteiger charge is 2.53. The predicted octanol–water partition coefficient (Wildman–Crippen LogP) is 3.92. The van der Waals surface area contributed by atoms with Crippen molar-refractivity contribution in [2.75, 3.05) is 35.0 Å². The van der Waals surface area contributed by atoms with Crippen LogP contribution < -0.4 is 9.62 Å². The topological polar surface area (TPSA) is 77.2 Å². The standard InChI is InChI=1S/C22H26N6OS/c1-2-13-30-26-17-5-3-16(4-6-17)21(29)28-12-11-27(14-22(28)8-9-22)20-18-7-10-23-19(18)24-15-25-20/h3-7,10,15,26H,2,8-9,11-14H2,1H3,(H,23,24,25). The summed E-state index contributed by atoms with van der Waals surface area (Å²) in [5, 5.41) is 1.04. The minimum atomic E-state index is -0.0726. The Labute approximate surface area is 180 Å². The second-order valence-corrected chi connectivity index (χ2v) is 8.97. The fraction of sp³-hybridized carbons (Fsp3) is 0.409. The molecular weight excluding hydrogens is 396 g/mol. The first-order valence-electron chi connectivity index (χ1n) is 10.5. The van der Waals surface area contributed by atoms with Crippen LogP contribution in [0.4, 0.5) is 11.5 Å². The average molecular weight is 423 g/mol. The van der Waals surface area contributed by atoms with Crippen LogP contribution >= 0.6 is 11.9 Å². The number of H-pyrrole nitrogens is 1. The second-order valence-electron chi connectivity index (χ2n) is 8.07. The Hall–Kier alpha value is -2.74. The largest absolute Gasteiger partial charge is 0.352 e. The lowest BCUT2D eigenvalue weighted by atomic mass is 10.1. The van der Waals surface area contributed by atoms with Gasteiger partial charge in [-0.1, -0.05) is 18.9 Å². The van der Waals surface area contributed by atoms with Crippen LogP contribution in [0.15, 0.2) is 42.9 Å². The van der Waals surface area contributed by atoms with Crippen molar-refractivity contribution in [1.82, 2.24) is 19.9 Å². The van der Waals surface area contributed by atoms with Crippen LogP contribution in [0.3, 0.4) is 0 Å². The van der Waals surface area contributed by atoms with E-state index in [1.807, 2.05) is 36.5 Å². The molecular formula is C22H26N6OS. The van der Waals surface area contributed by atoms with Crippen LogP contribution in [0.2, 0.25) is 0 Å². The van der Waals surface area contributed by atoms with E-state index >= 15 is 0 Å². The fourth-order valence-corrected chi connectivity index (χ4v) is 4.84. The molecule has 1 aromatic carbocycles. The summed E-state index contributed by atoms with van der Waals surface area (Å²) < 4.78 is 3.33. The SMILES string of the molecule is CCCSNc1ccc(C(=O)N2CCN(c3ncnc4[nH]ccc34)CC23CC3)cc1. The summed E-state index contributed by atoms with van der Waals surface area (Å²) in [7, 11) is 0. The third kappa shape index (κ3) is 3.49. The highest BCUT2D eigenvalue weighted by atomic mass is 32.2. The van der Waals surface area contributed by atoms with Gasteiger partial charge in [0.05, 0.1) is 10.9 Å². The number of fused-ring (bicyclic) bond motifs is 1. The van der Waals surface area contributed by atoms with Crippen molar-refractivity contribution in [3.8, 4) is 0 Å². The zero-order chi connectivity index (χ0) is 20.6. The average Bonchev–Trinajstić information content (AvgIpc) is 3.35. The molecule has 8 heteroatoms. The van der Waals surface area contributed by atoms with Gasteiger partial charge in [-0.25, -0.2) is 9.97 Å². The smallest absolute Gasteiger partial charge is 0.254 e. The van der Waals surface area contributed by atoms with Gasteiger partial charge < -0.3 is 19.5 Å². The minimum Gasteiger partial charge on any atom is -0.352 e. The first kappa shape index (κ1) is 19.2. The molecule has 0 radical (unpaired) electrons. The first-order chi connectivity index (χ1) is 14.7. The van der Waals surface area contributed by atoms with Gasteiger partial charge in [-0.15, -0.1) is 0 Å². The molecule has 3 aromatic rings. The molecule has 0 bridgehead atoms. The number of carbonyl (C=O) groups is 1. The molecule has 0 unspecified atom stereocenters. The zero-order valence-corrected chi connectivity index (χ0v) is 17.9. The van der Waals surface area contributed by atoms with Crippen LogP contribution in [0.25, 0.3) is 11.0 Å². The Balaban J connectivity index is 1.30. The number of hydrogen-bond donors (Lipinski definition) is 2. The van der Waals surface area contributed by atoms with Crippen molar-refractivity contribution < 1.29 is 4.79 Å². The quantitative estimate of drug-likeness (QED) is 0.463. The van der Waals surface area contributed by atoms with Crippen LogP contribution in [-0.4, -0.2) is 56.7 Å². The van der Waals surface area contributed by atoms with Gasteiger partial charge >= 0.3 is 0 Å². The Kier molecular flexibility index (Phi) is 5.02. The number of rotatable bonds is 6. The summed E-state index contributed by atoms with van der Waals surface area (Å²) in [6.07, 6.45) is 6.73. The number of anilines is 2. The number of hydrogen-bond acceptors (Lipinski definition) is 6. The Morgan fingerprint density at radius 2 is 2.03 bits per heavy atom. The van der Waals surface area contributed by atoms with Gasteiger partial charge in [0, 0.05) is 42.8 Å². The highest BCUT2D eigenvalue weighted by molar-refractivity contribution is 8.00. The summed E-state index contributed by atoms with van der Waals surface area (Å²) in [4.78, 5) is 29.7. The molecule has 1 spiro atoms. The molecule has 7 nitrogen and oxygen atoms in total. The van der Waals surface area contributed by atoms with E-state index in [-0.39, 0.29) is 11.4 Å². The van der Waals surface area contributed by atoms with Crippen LogP contribution in [0.1, 0.15) is 36.5 Å². The number of carbonyl (C=O) groups excluding carboxylic acids is 1. The minimum absolute atomic E-state index is 0.0726. The molecule has 1 amide bonds. The molecule has 1 aliphatic heterocycles. The number of nitrogens with zero attached hydrogens (tertiary/aromatic N) is 4. The van der Waals surface area contributed by atoms with Gasteiger partial charge in [0.25, 0.3) is 5.91 Å². The maximum absolute atomic E-state index is 13.3. The third-order valence-electron chi connectivity index (χ3n) is 5.98. The van der Waals surface area contributed by atoms with Crippen molar-refractivity contribution >= 4 is 40.4 Å². The summed E-state index contributed by atoms with van der Waals surface area (Å²) in [5.41, 5.74) is 2.58. The zero-order valence-electron chi connectivity index (χ0n) is 17.1. The third-order valence-corrected chi connectivity index (χ3v) is 6.98. The maximum Gasteiger partial charge on any atom is 0.254 e. The summed E-state index contributed by atoms with van der Waals surface area (Å²) in [5.74, 6) is 2.16. The molecule has 0 atom stereocenters. The fourth-order valence-electron chi connectivity index (χ4n) is 4.23. The van der Waals surface area contributed by atoms with Gasteiger partial charge in [0.2, 0.25) is 0 Å². The summed E-state index contributed by atoms with van der Waals surface area (Å²) in [6.45, 7) is 4.47. The van der Waals surface area contributed by atoms with Gasteiger partial charge in [-0.2, -0.15) is 0 Å². The number of aromatic amines is 1. The summed E-state index contributed by atoms with van der Waals surface area (Å²) >= 11 is 1.69. The first-order valence-corrected chi connectivity index (χ1v) is 11.5. The lowest BCUT2D eigenvalue weighted by Crippen LogP contribution is -2.57. The summed E-state index contributed by atoms with van der Waals surface area (Å²) in [6, 6.07) is 9.89. The van der Waals surface area contributed by atoms with Crippen molar-refractivity contribution in [1.29, 1.82) is 0 Å². The molecule has 2 fully saturated rings. The van der Waals surface area contributed by atoms with Crippen LogP contribution in [0, 0.1) is 0 Å². The van der Waals surface area contributed by atoms with E-state index in [1.165, 1.54) is 0 Å². The monoisotopic (exact) mass is 422 g/mol. The molecule has 156 valence electrons. The molecule has 5 rings (SSSR count). The molecule has 2 N–H and O–H groups in total. The molecule has 30 heavy (non-hydrogen) atoms. The molecule has 2 aromatic heterocycles. The van der Waals surface area contributed by atoms with E-state index in [4.69, 9.17) is 0 Å². The molecule has 2 aliphatic rings. The highest BCUT2D eigenvalue weighted by Crippen LogP contribution is 2.46. The van der Waals surface area contributed by atoms with E-state index in [0.29, 0.717) is 6.54 Å². The number of nitrogens with one attached hydrogen (secondary N) is 2. The predicted molar refractivity (Wildman–Crippen MR) is 122 cm³/mol. The van der Waals surface area contributed by atoms with Gasteiger partial charge in [0.15, 0.2) is 0 Å². The van der Waals surface area contributed by atoms with Gasteiger partial charge in [-0.05, 0) is 49.6 Å². The van der Waals surface area contributed by atoms with Crippen molar-refractivity contribution in [3.05, 3.63) is 48.4 Å². The van der Waals surface area contributed by atoms with E-state index in [1.54, 1.807) is 18.3 Å². The number of aromatic nitrogens is 3. The molecule has 3 heterocycles. The molecule has 1 saturated carbocycles. The number of piperazine rings is 1. The van der Waals surface area contributed by atoms with E-state index in [2.05, 4.69) is 36.4 Å². The van der Waals surface area contributed by atoms with Gasteiger partial charge in [-0.3, -0.25) is 4.79 Å². The van der Waals surface area contributed by atoms with Crippen molar-refractivity contribution in [2.45, 2.75) is 31.7 Å². The molecule has 1 aliphatic carbocycles. The molecule has 1 saturated heterocycles. The van der Waals surface area contributed by atoms with Crippen molar-refractivity contribution in [3.63, 3.8) is 0 Å². The van der Waals surface area contributed by atoms with Crippen LogP contribution in [0.5, 0.6) is 0 Å². The Morgan fingerprint density at radius 1 is 1.20 bits per heavy atom. The Bertz CT molecular complexity index is 1050. The number of amides is 1. The van der Waals surface area contributed by atoms with E-state index in [0.717, 1.165) is 66.2 Å².